The zero-order valence-corrected chi connectivity index (χ0v) is 8.31. The van der Waals surface area contributed by atoms with Crippen LogP contribution in [0.3, 0.4) is 0 Å². The molecule has 0 heterocycles. The standard InChI is InChI=1S/C9H11FO2S/c1-9(2,13(10,11)12)8-6-4-3-5-7-8/h3-7H,1-2H3. The van der Waals surface area contributed by atoms with Crippen LogP contribution in [0, 0.1) is 0 Å². The molecule has 0 aliphatic rings. The largest absolute Gasteiger partial charge is 0.311 e. The van der Waals surface area contributed by atoms with Crippen LogP contribution in [0.1, 0.15) is 19.4 Å². The lowest BCUT2D eigenvalue weighted by Gasteiger charge is -2.19. The van der Waals surface area contributed by atoms with Gasteiger partial charge in [-0.2, -0.15) is 8.42 Å². The minimum Gasteiger partial charge on any atom is -0.194 e. The maximum atomic E-state index is 12.8. The number of hydrogen-bond donors (Lipinski definition) is 0. The van der Waals surface area contributed by atoms with E-state index < -0.39 is 15.0 Å². The first-order valence-corrected chi connectivity index (χ1v) is 5.24. The minimum atomic E-state index is -4.56. The van der Waals surface area contributed by atoms with Crippen LogP contribution in [0.25, 0.3) is 0 Å². The molecule has 0 bridgehead atoms. The molecule has 1 aromatic carbocycles. The van der Waals surface area contributed by atoms with Crippen molar-refractivity contribution in [2.75, 3.05) is 0 Å². The molecule has 0 saturated carbocycles. The molecule has 13 heavy (non-hydrogen) atoms. The summed E-state index contributed by atoms with van der Waals surface area (Å²) >= 11 is 0. The maximum Gasteiger partial charge on any atom is 0.311 e. The van der Waals surface area contributed by atoms with Crippen LogP contribution < -0.4 is 0 Å². The van der Waals surface area contributed by atoms with Gasteiger partial charge in [0.2, 0.25) is 0 Å². The van der Waals surface area contributed by atoms with E-state index in [0.717, 1.165) is 0 Å². The van der Waals surface area contributed by atoms with Crippen LogP contribution >= 0.6 is 0 Å². The third-order valence-corrected chi connectivity index (χ3v) is 3.53. The molecular formula is C9H11FO2S. The Balaban J connectivity index is 3.24. The van der Waals surface area contributed by atoms with Crippen LogP contribution in [0.15, 0.2) is 30.3 Å². The summed E-state index contributed by atoms with van der Waals surface area (Å²) in [5.41, 5.74) is 0.456. The van der Waals surface area contributed by atoms with Crippen LogP contribution in [0.5, 0.6) is 0 Å². The Labute approximate surface area is 77.6 Å². The van der Waals surface area contributed by atoms with E-state index in [-0.39, 0.29) is 0 Å². The van der Waals surface area contributed by atoms with Crippen LogP contribution in [0.2, 0.25) is 0 Å². The second-order valence-electron chi connectivity index (χ2n) is 3.31. The molecule has 1 aromatic rings. The van der Waals surface area contributed by atoms with Crippen molar-refractivity contribution in [1.82, 2.24) is 0 Å². The van der Waals surface area contributed by atoms with Crippen molar-refractivity contribution in [2.24, 2.45) is 0 Å². The first kappa shape index (κ1) is 10.2. The Hall–Kier alpha value is -0.900. The number of benzene rings is 1. The topological polar surface area (TPSA) is 34.1 Å². The lowest BCUT2D eigenvalue weighted by molar-refractivity contribution is 0.508. The SMILES string of the molecule is CC(C)(c1ccccc1)S(=O)(=O)F. The predicted molar refractivity (Wildman–Crippen MR) is 49.5 cm³/mol. The number of halogens is 1. The Morgan fingerprint density at radius 1 is 1.15 bits per heavy atom. The van der Waals surface area contributed by atoms with Gasteiger partial charge in [-0.05, 0) is 19.4 Å². The average Bonchev–Trinajstić information content (AvgIpc) is 2.04. The molecule has 0 aliphatic carbocycles. The van der Waals surface area contributed by atoms with Crippen molar-refractivity contribution in [2.45, 2.75) is 18.6 Å². The molecule has 0 atom stereocenters. The molecule has 0 saturated heterocycles. The van der Waals surface area contributed by atoms with Gasteiger partial charge in [0.1, 0.15) is 4.75 Å². The second-order valence-corrected chi connectivity index (χ2v) is 5.21. The van der Waals surface area contributed by atoms with Gasteiger partial charge in [0.05, 0.1) is 0 Å². The number of hydrogen-bond acceptors (Lipinski definition) is 2. The Morgan fingerprint density at radius 3 is 2.00 bits per heavy atom. The Morgan fingerprint density at radius 2 is 1.62 bits per heavy atom. The van der Waals surface area contributed by atoms with Gasteiger partial charge in [-0.3, -0.25) is 0 Å². The number of rotatable bonds is 2. The summed E-state index contributed by atoms with van der Waals surface area (Å²) in [6, 6.07) is 8.31. The van der Waals surface area contributed by atoms with E-state index in [1.807, 2.05) is 0 Å². The van der Waals surface area contributed by atoms with Gasteiger partial charge in [0.25, 0.3) is 0 Å². The molecular weight excluding hydrogens is 191 g/mol. The van der Waals surface area contributed by atoms with Gasteiger partial charge >= 0.3 is 10.2 Å². The summed E-state index contributed by atoms with van der Waals surface area (Å²) in [7, 11) is -4.56. The summed E-state index contributed by atoms with van der Waals surface area (Å²) in [4.78, 5) is 0. The van der Waals surface area contributed by atoms with Crippen molar-refractivity contribution >= 4 is 10.2 Å². The van der Waals surface area contributed by atoms with Crippen LogP contribution in [0.4, 0.5) is 3.89 Å². The molecule has 0 spiro atoms. The van der Waals surface area contributed by atoms with Gasteiger partial charge in [0, 0.05) is 0 Å². The molecule has 0 N–H and O–H groups in total. The predicted octanol–water partition coefficient (Wildman–Crippen LogP) is 2.22. The smallest absolute Gasteiger partial charge is 0.194 e. The third-order valence-electron chi connectivity index (χ3n) is 2.08. The van der Waals surface area contributed by atoms with Crippen molar-refractivity contribution in [1.29, 1.82) is 0 Å². The highest BCUT2D eigenvalue weighted by atomic mass is 32.3. The van der Waals surface area contributed by atoms with Crippen molar-refractivity contribution < 1.29 is 12.3 Å². The lowest BCUT2D eigenvalue weighted by Crippen LogP contribution is -2.25. The fourth-order valence-electron chi connectivity index (χ4n) is 0.980. The highest BCUT2D eigenvalue weighted by molar-refractivity contribution is 7.87. The van der Waals surface area contributed by atoms with Crippen molar-refractivity contribution in [3.63, 3.8) is 0 Å². The molecule has 0 fully saturated rings. The zero-order valence-electron chi connectivity index (χ0n) is 7.49. The highest BCUT2D eigenvalue weighted by Crippen LogP contribution is 2.30. The van der Waals surface area contributed by atoms with Gasteiger partial charge in [-0.1, -0.05) is 30.3 Å². The molecule has 0 aliphatic heterocycles. The fourth-order valence-corrected chi connectivity index (χ4v) is 1.40. The molecule has 0 aromatic heterocycles. The minimum absolute atomic E-state index is 0.456. The fraction of sp³-hybridized carbons (Fsp3) is 0.333. The molecule has 0 amide bonds. The average molecular weight is 202 g/mol. The van der Waals surface area contributed by atoms with Crippen molar-refractivity contribution in [3.8, 4) is 0 Å². The first-order chi connectivity index (χ1) is 5.86. The van der Waals surface area contributed by atoms with E-state index >= 15 is 0 Å². The molecule has 1 rings (SSSR count). The van der Waals surface area contributed by atoms with Gasteiger partial charge in [0.15, 0.2) is 0 Å². The molecule has 0 radical (unpaired) electrons. The highest BCUT2D eigenvalue weighted by Gasteiger charge is 2.35. The van der Waals surface area contributed by atoms with E-state index in [2.05, 4.69) is 0 Å². The van der Waals surface area contributed by atoms with Gasteiger partial charge in [-0.25, -0.2) is 0 Å². The second kappa shape index (κ2) is 3.10. The van der Waals surface area contributed by atoms with Crippen molar-refractivity contribution in [3.05, 3.63) is 35.9 Å². The monoisotopic (exact) mass is 202 g/mol. The van der Waals surface area contributed by atoms with E-state index in [1.54, 1.807) is 30.3 Å². The van der Waals surface area contributed by atoms with E-state index in [4.69, 9.17) is 0 Å². The summed E-state index contributed by atoms with van der Waals surface area (Å²) in [6.45, 7) is 2.69. The maximum absolute atomic E-state index is 12.8. The molecule has 0 unspecified atom stereocenters. The summed E-state index contributed by atoms with van der Waals surface area (Å²) in [5.74, 6) is 0. The van der Waals surface area contributed by atoms with E-state index in [0.29, 0.717) is 5.56 Å². The van der Waals surface area contributed by atoms with Gasteiger partial charge in [-0.15, -0.1) is 3.89 Å². The summed E-state index contributed by atoms with van der Waals surface area (Å²) in [6.07, 6.45) is 0. The Bertz CT molecular complexity index is 381. The third kappa shape index (κ3) is 1.88. The van der Waals surface area contributed by atoms with E-state index in [9.17, 15) is 12.3 Å². The quantitative estimate of drug-likeness (QED) is 0.689. The van der Waals surface area contributed by atoms with Gasteiger partial charge < -0.3 is 0 Å². The van der Waals surface area contributed by atoms with E-state index in [1.165, 1.54) is 13.8 Å². The summed E-state index contributed by atoms with van der Waals surface area (Å²) in [5, 5.41) is 0. The molecule has 72 valence electrons. The lowest BCUT2D eigenvalue weighted by atomic mass is 10.0. The molecule has 4 heteroatoms. The summed E-state index contributed by atoms with van der Waals surface area (Å²) < 4.78 is 32.9. The van der Waals surface area contributed by atoms with Crippen LogP contribution in [-0.4, -0.2) is 8.42 Å². The molecule has 2 nitrogen and oxygen atoms in total. The zero-order chi connectivity index (χ0) is 10.1. The van der Waals surface area contributed by atoms with Crippen LogP contribution in [-0.2, 0) is 15.0 Å². The normalized spacial score (nSPS) is 12.8. The first-order valence-electron chi connectivity index (χ1n) is 3.85. The Kier molecular flexibility index (Phi) is 2.43.